The van der Waals surface area contributed by atoms with Crippen LogP contribution >= 0.6 is 0 Å². The van der Waals surface area contributed by atoms with E-state index in [4.69, 9.17) is 0 Å². The number of hydrogen-bond acceptors (Lipinski definition) is 3. The first-order valence-corrected chi connectivity index (χ1v) is 7.61. The lowest BCUT2D eigenvalue weighted by Gasteiger charge is -2.15. The van der Waals surface area contributed by atoms with Crippen molar-refractivity contribution in [2.24, 2.45) is 0 Å². The molecule has 1 aliphatic rings. The van der Waals surface area contributed by atoms with Crippen LogP contribution in [-0.2, 0) is 12.8 Å². The van der Waals surface area contributed by atoms with Crippen LogP contribution in [0.1, 0.15) is 28.4 Å². The molecule has 4 heteroatoms. The maximum atomic E-state index is 10.8. The Bertz CT molecular complexity index is 906. The molecule has 1 aliphatic carbocycles. The molecular formula is C19H15NO3. The molecule has 0 heterocycles. The lowest BCUT2D eigenvalue weighted by Crippen LogP contribution is -2.01. The number of nitrogens with zero attached hydrogens (tertiary/aromatic N) is 1. The number of rotatable bonds is 3. The van der Waals surface area contributed by atoms with Gasteiger partial charge in [0, 0.05) is 12.1 Å². The Labute approximate surface area is 133 Å². The molecule has 4 nitrogen and oxygen atoms in total. The number of aliphatic hydroxyl groups excluding tert-OH is 1. The van der Waals surface area contributed by atoms with Gasteiger partial charge in [0.25, 0.3) is 5.69 Å². The van der Waals surface area contributed by atoms with Crippen molar-refractivity contribution in [3.63, 3.8) is 0 Å². The summed E-state index contributed by atoms with van der Waals surface area (Å²) < 4.78 is 0. The number of aryl methyl sites for hydroxylation is 2. The van der Waals surface area contributed by atoms with E-state index in [0.29, 0.717) is 5.56 Å². The molecule has 4 rings (SSSR count). The van der Waals surface area contributed by atoms with E-state index in [1.807, 2.05) is 18.2 Å². The Kier molecular flexibility index (Phi) is 3.13. The number of non-ortho nitro benzene ring substituents is 1. The highest BCUT2D eigenvalue weighted by Gasteiger charge is 2.20. The van der Waals surface area contributed by atoms with Crippen molar-refractivity contribution in [3.8, 4) is 0 Å². The van der Waals surface area contributed by atoms with Crippen LogP contribution in [0.5, 0.6) is 0 Å². The summed E-state index contributed by atoms with van der Waals surface area (Å²) in [5, 5.41) is 23.8. The molecule has 3 aromatic carbocycles. The molecule has 0 saturated heterocycles. The van der Waals surface area contributed by atoms with Crippen LogP contribution in [0.4, 0.5) is 5.69 Å². The maximum Gasteiger partial charge on any atom is 0.269 e. The van der Waals surface area contributed by atoms with Crippen LogP contribution < -0.4 is 0 Å². The minimum absolute atomic E-state index is 0.0290. The summed E-state index contributed by atoms with van der Waals surface area (Å²) in [5.41, 5.74) is 4.20. The largest absolute Gasteiger partial charge is 0.384 e. The topological polar surface area (TPSA) is 63.4 Å². The molecule has 0 radical (unpaired) electrons. The molecule has 0 fully saturated rings. The van der Waals surface area contributed by atoms with Crippen LogP contribution in [0, 0.1) is 10.1 Å². The zero-order chi connectivity index (χ0) is 16.0. The molecular weight excluding hydrogens is 290 g/mol. The van der Waals surface area contributed by atoms with E-state index < -0.39 is 11.0 Å². The second-order valence-electron chi connectivity index (χ2n) is 5.90. The van der Waals surface area contributed by atoms with Gasteiger partial charge in [0.15, 0.2) is 0 Å². The molecule has 0 bridgehead atoms. The van der Waals surface area contributed by atoms with Gasteiger partial charge in [0.1, 0.15) is 6.10 Å². The van der Waals surface area contributed by atoms with E-state index in [0.717, 1.165) is 23.8 Å². The van der Waals surface area contributed by atoms with Gasteiger partial charge >= 0.3 is 0 Å². The fraction of sp³-hybridized carbons (Fsp3) is 0.158. The quantitative estimate of drug-likeness (QED) is 0.589. The lowest BCUT2D eigenvalue weighted by atomic mass is 9.93. The van der Waals surface area contributed by atoms with E-state index in [9.17, 15) is 15.2 Å². The van der Waals surface area contributed by atoms with Crippen molar-refractivity contribution in [2.45, 2.75) is 18.9 Å². The predicted molar refractivity (Wildman–Crippen MR) is 88.5 cm³/mol. The second-order valence-corrected chi connectivity index (χ2v) is 5.90. The van der Waals surface area contributed by atoms with Gasteiger partial charge in [-0.1, -0.05) is 30.3 Å². The summed E-state index contributed by atoms with van der Waals surface area (Å²) in [6.45, 7) is 0. The van der Waals surface area contributed by atoms with E-state index in [1.54, 1.807) is 12.1 Å². The average molecular weight is 305 g/mol. The molecule has 114 valence electrons. The number of hydrogen-bond donors (Lipinski definition) is 1. The highest BCUT2D eigenvalue weighted by atomic mass is 16.6. The summed E-state index contributed by atoms with van der Waals surface area (Å²) in [6.07, 6.45) is 1.30. The van der Waals surface area contributed by atoms with Gasteiger partial charge in [-0.2, -0.15) is 0 Å². The summed E-state index contributed by atoms with van der Waals surface area (Å²) in [6, 6.07) is 16.4. The summed E-state index contributed by atoms with van der Waals surface area (Å²) in [7, 11) is 0. The zero-order valence-electron chi connectivity index (χ0n) is 12.4. The van der Waals surface area contributed by atoms with E-state index in [2.05, 4.69) is 12.1 Å². The predicted octanol–water partition coefficient (Wildman–Crippen LogP) is 3.93. The number of nitro benzene ring substituents is 1. The fourth-order valence-electron chi connectivity index (χ4n) is 3.47. The van der Waals surface area contributed by atoms with Crippen LogP contribution in [0.25, 0.3) is 10.8 Å². The molecule has 0 aromatic heterocycles. The van der Waals surface area contributed by atoms with Crippen molar-refractivity contribution < 1.29 is 10.0 Å². The van der Waals surface area contributed by atoms with Gasteiger partial charge in [-0.15, -0.1) is 0 Å². The molecule has 0 unspecified atom stereocenters. The molecule has 23 heavy (non-hydrogen) atoms. The monoisotopic (exact) mass is 305 g/mol. The summed E-state index contributed by atoms with van der Waals surface area (Å²) in [5.74, 6) is 0. The smallest absolute Gasteiger partial charge is 0.269 e. The Balaban J connectivity index is 1.81. The first kappa shape index (κ1) is 13.9. The van der Waals surface area contributed by atoms with Crippen molar-refractivity contribution in [1.29, 1.82) is 0 Å². The zero-order valence-corrected chi connectivity index (χ0v) is 12.4. The van der Waals surface area contributed by atoms with Crippen LogP contribution in [0.3, 0.4) is 0 Å². The van der Waals surface area contributed by atoms with Crippen LogP contribution in [0.2, 0.25) is 0 Å². The highest BCUT2D eigenvalue weighted by Crippen LogP contribution is 2.36. The molecule has 1 atom stereocenters. The third-order valence-corrected chi connectivity index (χ3v) is 4.62. The van der Waals surface area contributed by atoms with Crippen LogP contribution in [-0.4, -0.2) is 10.0 Å². The SMILES string of the molecule is O=[N+]([O-])c1ccc([C@@H](O)c2ccc3c4c(cccc24)CC3)cc1. The summed E-state index contributed by atoms with van der Waals surface area (Å²) >= 11 is 0. The van der Waals surface area contributed by atoms with Gasteiger partial charge in [-0.25, -0.2) is 0 Å². The second kappa shape index (κ2) is 5.18. The van der Waals surface area contributed by atoms with Crippen LogP contribution in [0.15, 0.2) is 54.6 Å². The fourth-order valence-corrected chi connectivity index (χ4v) is 3.47. The molecule has 0 saturated carbocycles. The minimum Gasteiger partial charge on any atom is -0.384 e. The van der Waals surface area contributed by atoms with E-state index in [-0.39, 0.29) is 5.69 Å². The van der Waals surface area contributed by atoms with Gasteiger partial charge < -0.3 is 5.11 Å². The van der Waals surface area contributed by atoms with Gasteiger partial charge in [0.2, 0.25) is 0 Å². The van der Waals surface area contributed by atoms with Gasteiger partial charge in [-0.05, 0) is 58.0 Å². The number of nitro groups is 1. The van der Waals surface area contributed by atoms with Gasteiger partial charge in [-0.3, -0.25) is 10.1 Å². The Morgan fingerprint density at radius 3 is 2.35 bits per heavy atom. The standard InChI is InChI=1S/C19H15NO3/c21-19(14-6-9-15(10-7-14)20(22)23)17-11-8-13-5-4-12-2-1-3-16(17)18(12)13/h1-3,6-11,19,21H,4-5H2/t19-/m1/s1. The third kappa shape index (κ3) is 2.19. The minimum atomic E-state index is -0.791. The molecule has 0 spiro atoms. The Hall–Kier alpha value is -2.72. The Morgan fingerprint density at radius 1 is 0.957 bits per heavy atom. The van der Waals surface area contributed by atoms with Crippen molar-refractivity contribution in [1.82, 2.24) is 0 Å². The van der Waals surface area contributed by atoms with Gasteiger partial charge in [0.05, 0.1) is 4.92 Å². The first-order chi connectivity index (χ1) is 11.1. The molecule has 1 N–H and O–H groups in total. The highest BCUT2D eigenvalue weighted by molar-refractivity contribution is 5.93. The van der Waals surface area contributed by atoms with E-state index >= 15 is 0 Å². The normalized spacial score (nSPS) is 14.1. The number of benzene rings is 3. The lowest BCUT2D eigenvalue weighted by molar-refractivity contribution is -0.384. The van der Waals surface area contributed by atoms with Crippen molar-refractivity contribution in [3.05, 3.63) is 87.0 Å². The summed E-state index contributed by atoms with van der Waals surface area (Å²) in [4.78, 5) is 10.3. The molecule has 0 aliphatic heterocycles. The van der Waals surface area contributed by atoms with Crippen molar-refractivity contribution in [2.75, 3.05) is 0 Å². The first-order valence-electron chi connectivity index (χ1n) is 7.61. The van der Waals surface area contributed by atoms with Crippen molar-refractivity contribution >= 4 is 16.5 Å². The number of aliphatic hydroxyl groups is 1. The maximum absolute atomic E-state index is 10.8. The third-order valence-electron chi connectivity index (χ3n) is 4.62. The molecule has 0 amide bonds. The molecule has 3 aromatic rings. The van der Waals surface area contributed by atoms with E-state index in [1.165, 1.54) is 28.6 Å². The average Bonchev–Trinajstić information content (AvgIpc) is 3.00. The Morgan fingerprint density at radius 2 is 1.65 bits per heavy atom.